The van der Waals surface area contributed by atoms with Gasteiger partial charge in [0.05, 0.1) is 17.9 Å². The van der Waals surface area contributed by atoms with Gasteiger partial charge in [-0.3, -0.25) is 19.4 Å². The molecule has 3 aromatic heterocycles. The van der Waals surface area contributed by atoms with Gasteiger partial charge in [0.2, 0.25) is 11.8 Å². The lowest BCUT2D eigenvalue weighted by Crippen LogP contribution is -2.30. The van der Waals surface area contributed by atoms with Crippen molar-refractivity contribution < 1.29 is 14.4 Å². The van der Waals surface area contributed by atoms with Crippen LogP contribution in [-0.4, -0.2) is 55.7 Å². The molecular formula is C23H26N8O3. The Hall–Kier alpha value is -4.02. The highest BCUT2D eigenvalue weighted by Crippen LogP contribution is 2.30. The molecule has 2 aliphatic rings. The number of imidazole rings is 1. The van der Waals surface area contributed by atoms with Crippen molar-refractivity contribution in [3.63, 3.8) is 0 Å². The summed E-state index contributed by atoms with van der Waals surface area (Å²) in [5.41, 5.74) is 2.97. The molecule has 11 heteroatoms. The van der Waals surface area contributed by atoms with Crippen molar-refractivity contribution in [1.29, 1.82) is 0 Å². The fourth-order valence-corrected chi connectivity index (χ4v) is 3.93. The largest absolute Gasteiger partial charge is 0.364 e. The molecule has 0 atom stereocenters. The maximum absolute atomic E-state index is 12.6. The lowest BCUT2D eigenvalue weighted by molar-refractivity contribution is -0.124. The molecule has 1 aliphatic carbocycles. The summed E-state index contributed by atoms with van der Waals surface area (Å²) in [7, 11) is 1.48. The normalized spacial score (nSPS) is 16.0. The Morgan fingerprint density at radius 2 is 1.88 bits per heavy atom. The van der Waals surface area contributed by atoms with Gasteiger partial charge >= 0.3 is 6.03 Å². The Kier molecular flexibility index (Phi) is 5.39. The minimum absolute atomic E-state index is 0.00578. The van der Waals surface area contributed by atoms with Gasteiger partial charge in [-0.25, -0.2) is 19.7 Å². The van der Waals surface area contributed by atoms with Crippen molar-refractivity contribution in [3.05, 3.63) is 41.6 Å². The molecule has 0 radical (unpaired) electrons. The average molecular weight is 463 g/mol. The van der Waals surface area contributed by atoms with Crippen LogP contribution in [0.5, 0.6) is 0 Å². The van der Waals surface area contributed by atoms with Crippen LogP contribution in [0.4, 0.5) is 22.1 Å². The number of rotatable bonds is 7. The lowest BCUT2D eigenvalue weighted by Gasteiger charge is -2.16. The third-order valence-electron chi connectivity index (χ3n) is 6.01. The Labute approximate surface area is 196 Å². The predicted octanol–water partition coefficient (Wildman–Crippen LogP) is 2.35. The molecule has 0 unspecified atom stereocenters. The number of likely N-dealkylation sites (N-methyl/N-ethyl adjacent to an activating group) is 1. The third kappa shape index (κ3) is 4.16. The lowest BCUT2D eigenvalue weighted by atomic mass is 10.2. The van der Waals surface area contributed by atoms with Crippen LogP contribution in [0.15, 0.2) is 24.5 Å². The average Bonchev–Trinajstić information content (AvgIpc) is 3.53. The highest BCUT2D eigenvalue weighted by molar-refractivity contribution is 6.13. The van der Waals surface area contributed by atoms with E-state index >= 15 is 0 Å². The van der Waals surface area contributed by atoms with Gasteiger partial charge < -0.3 is 15.0 Å². The zero-order valence-electron chi connectivity index (χ0n) is 19.3. The van der Waals surface area contributed by atoms with Gasteiger partial charge in [0.15, 0.2) is 5.65 Å². The first-order valence-corrected chi connectivity index (χ1v) is 11.3. The topological polar surface area (TPSA) is 125 Å². The van der Waals surface area contributed by atoms with E-state index in [4.69, 9.17) is 4.98 Å². The van der Waals surface area contributed by atoms with E-state index in [-0.39, 0.29) is 30.3 Å². The zero-order chi connectivity index (χ0) is 24.0. The van der Waals surface area contributed by atoms with Crippen LogP contribution in [0.3, 0.4) is 0 Å². The number of carbonyl (C=O) groups excluding carboxylic acids is 3. The second-order valence-electron chi connectivity index (χ2n) is 8.67. The van der Waals surface area contributed by atoms with Crippen LogP contribution in [0.2, 0.25) is 0 Å². The van der Waals surface area contributed by atoms with Gasteiger partial charge in [0, 0.05) is 31.4 Å². The Balaban J connectivity index is 1.39. The maximum Gasteiger partial charge on any atom is 0.331 e. The molecule has 1 saturated carbocycles. The van der Waals surface area contributed by atoms with Crippen molar-refractivity contribution in [2.75, 3.05) is 29.1 Å². The molecule has 4 amide bonds. The van der Waals surface area contributed by atoms with Crippen molar-refractivity contribution in [1.82, 2.24) is 24.3 Å². The number of carbonyl (C=O) groups is 3. The van der Waals surface area contributed by atoms with E-state index in [0.29, 0.717) is 35.3 Å². The van der Waals surface area contributed by atoms with E-state index < -0.39 is 0 Å². The summed E-state index contributed by atoms with van der Waals surface area (Å²) < 4.78 is 1.88. The Morgan fingerprint density at radius 3 is 2.56 bits per heavy atom. The van der Waals surface area contributed by atoms with Gasteiger partial charge in [-0.1, -0.05) is 6.92 Å². The molecule has 176 valence electrons. The van der Waals surface area contributed by atoms with Gasteiger partial charge in [0.25, 0.3) is 0 Å². The minimum atomic E-state index is -0.361. The maximum atomic E-state index is 12.6. The molecule has 5 rings (SSSR count). The van der Waals surface area contributed by atoms with E-state index in [2.05, 4.69) is 20.6 Å². The zero-order valence-corrected chi connectivity index (χ0v) is 19.3. The summed E-state index contributed by atoms with van der Waals surface area (Å²) in [4.78, 5) is 52.8. The first-order valence-electron chi connectivity index (χ1n) is 11.3. The van der Waals surface area contributed by atoms with Crippen molar-refractivity contribution >= 4 is 40.8 Å². The number of hydrogen-bond donors (Lipinski definition) is 2. The van der Waals surface area contributed by atoms with Crippen LogP contribution in [0.25, 0.3) is 5.65 Å². The third-order valence-corrected chi connectivity index (χ3v) is 6.01. The molecule has 11 nitrogen and oxygen atoms in total. The number of aryl methyl sites for hydroxylation is 2. The smallest absolute Gasteiger partial charge is 0.331 e. The molecule has 2 fully saturated rings. The summed E-state index contributed by atoms with van der Waals surface area (Å²) in [5, 5.41) is 6.09. The van der Waals surface area contributed by atoms with E-state index in [0.717, 1.165) is 35.4 Å². The van der Waals surface area contributed by atoms with Crippen molar-refractivity contribution in [2.45, 2.75) is 39.7 Å². The second-order valence-corrected chi connectivity index (χ2v) is 8.67. The number of fused-ring (bicyclic) bond motifs is 1. The monoisotopic (exact) mass is 462 g/mol. The number of anilines is 3. The number of aromatic nitrogens is 4. The standard InChI is InChI=1S/C23H26N8O3/c1-4-14-7-17(31-12-20(32)29(3)23(31)34)21-27-16(11-30(21)10-14)9-24-18-8-19(26-13(2)25-18)28-22(33)15-5-6-15/h7-8,10-11,15H,4-6,9,12H2,1-3H3,(H2,24,25,26,28,33). The van der Waals surface area contributed by atoms with Gasteiger partial charge in [0.1, 0.15) is 24.0 Å². The number of amides is 4. The highest BCUT2D eigenvalue weighted by atomic mass is 16.2. The van der Waals surface area contributed by atoms with Crippen LogP contribution in [0, 0.1) is 12.8 Å². The van der Waals surface area contributed by atoms with Crippen LogP contribution < -0.4 is 15.5 Å². The molecule has 34 heavy (non-hydrogen) atoms. The van der Waals surface area contributed by atoms with Crippen LogP contribution >= 0.6 is 0 Å². The SMILES string of the molecule is CCc1cc(N2CC(=O)N(C)C2=O)c2nc(CNc3cc(NC(=O)C4CC4)nc(C)n3)cn2c1. The summed E-state index contributed by atoms with van der Waals surface area (Å²) in [6, 6.07) is 3.25. The summed E-state index contributed by atoms with van der Waals surface area (Å²) in [6.45, 7) is 4.17. The predicted molar refractivity (Wildman–Crippen MR) is 126 cm³/mol. The van der Waals surface area contributed by atoms with E-state index in [1.165, 1.54) is 11.9 Å². The minimum Gasteiger partial charge on any atom is -0.364 e. The fraction of sp³-hybridized carbons (Fsp3) is 0.391. The van der Waals surface area contributed by atoms with Crippen molar-refractivity contribution in [2.24, 2.45) is 5.92 Å². The Bertz CT molecular complexity index is 1310. The molecule has 0 bridgehead atoms. The van der Waals surface area contributed by atoms with Crippen LogP contribution in [-0.2, 0) is 22.6 Å². The number of imide groups is 1. The van der Waals surface area contributed by atoms with E-state index in [1.54, 1.807) is 13.0 Å². The molecule has 0 spiro atoms. The first-order chi connectivity index (χ1) is 16.3. The number of hydrogen-bond acceptors (Lipinski definition) is 7. The van der Waals surface area contributed by atoms with Crippen molar-refractivity contribution in [3.8, 4) is 0 Å². The molecule has 3 aromatic rings. The first kappa shape index (κ1) is 21.8. The molecule has 2 N–H and O–H groups in total. The number of nitrogens with one attached hydrogen (secondary N) is 2. The summed E-state index contributed by atoms with van der Waals surface area (Å²) in [5.74, 6) is 1.42. The fourth-order valence-electron chi connectivity index (χ4n) is 3.93. The summed E-state index contributed by atoms with van der Waals surface area (Å²) >= 11 is 0. The highest BCUT2D eigenvalue weighted by Gasteiger charge is 2.35. The quantitative estimate of drug-likeness (QED) is 0.516. The van der Waals surface area contributed by atoms with E-state index in [9.17, 15) is 14.4 Å². The number of pyridine rings is 1. The second kappa shape index (κ2) is 8.40. The van der Waals surface area contributed by atoms with Gasteiger partial charge in [-0.15, -0.1) is 0 Å². The number of urea groups is 1. The molecule has 1 aliphatic heterocycles. The van der Waals surface area contributed by atoms with Crippen LogP contribution in [0.1, 0.15) is 36.8 Å². The molecule has 0 aromatic carbocycles. The van der Waals surface area contributed by atoms with E-state index in [1.807, 2.05) is 29.8 Å². The van der Waals surface area contributed by atoms with Gasteiger partial charge in [-0.2, -0.15) is 0 Å². The van der Waals surface area contributed by atoms with Gasteiger partial charge in [-0.05, 0) is 37.8 Å². The number of nitrogens with zero attached hydrogens (tertiary/aromatic N) is 6. The molecular weight excluding hydrogens is 436 g/mol. The molecule has 1 saturated heterocycles. The summed E-state index contributed by atoms with van der Waals surface area (Å²) in [6.07, 6.45) is 6.48. The Morgan fingerprint density at radius 1 is 1.12 bits per heavy atom. The molecule has 4 heterocycles.